The van der Waals surface area contributed by atoms with Crippen LogP contribution in [0.5, 0.6) is 23.0 Å². The summed E-state index contributed by atoms with van der Waals surface area (Å²) in [5.41, 5.74) is 2.76. The zero-order valence-electron chi connectivity index (χ0n) is 27.7. The number of carbonyl (C=O) groups is 1. The van der Waals surface area contributed by atoms with E-state index in [1.165, 1.54) is 40.5 Å². The summed E-state index contributed by atoms with van der Waals surface area (Å²) in [6, 6.07) is 21.6. The first-order chi connectivity index (χ1) is 22.8. The Balaban J connectivity index is -0.000000712. The number of halogens is 1. The molecule has 0 bridgehead atoms. The van der Waals surface area contributed by atoms with Crippen molar-refractivity contribution in [3.05, 3.63) is 108 Å². The molecule has 2 heterocycles. The van der Waals surface area contributed by atoms with E-state index >= 15 is 0 Å². The summed E-state index contributed by atoms with van der Waals surface area (Å²) >= 11 is 0. The van der Waals surface area contributed by atoms with Crippen molar-refractivity contribution in [1.29, 1.82) is 0 Å². The Morgan fingerprint density at radius 3 is 1.35 bits per heavy atom. The average Bonchev–Trinajstić information content (AvgIpc) is 3.04. The molecule has 18 heteroatoms. The minimum Gasteiger partial charge on any atom is -0.876 e. The van der Waals surface area contributed by atoms with Gasteiger partial charge in [-0.15, -0.1) is 16.0 Å². The molecule has 2 aromatic carbocycles. The number of hydrogen-bond acceptors (Lipinski definition) is 14. The Morgan fingerprint density at radius 2 is 1.10 bits per heavy atom. The van der Waals surface area contributed by atoms with Crippen LogP contribution in [-0.2, 0) is 47.8 Å². The molecule has 0 aliphatic rings. The Labute approximate surface area is 321 Å². The minimum absolute atomic E-state index is 0. The number of methoxy groups -OCH3 is 2. The van der Waals surface area contributed by atoms with Gasteiger partial charge in [-0.25, -0.2) is 18.6 Å². The molecule has 281 valence electrons. The van der Waals surface area contributed by atoms with Crippen LogP contribution in [0, 0.1) is 10.2 Å². The Kier molecular flexibility index (Phi) is 28.5. The van der Waals surface area contributed by atoms with Crippen LogP contribution in [0.25, 0.3) is 11.4 Å². The number of hydrogen-bond donors (Lipinski definition) is 0. The Bertz CT molecular complexity index is 1520. The molecule has 0 aliphatic heterocycles. The summed E-state index contributed by atoms with van der Waals surface area (Å²) in [6.07, 6.45) is 7.60. The number of ketones is 1. The first-order valence-corrected chi connectivity index (χ1v) is 15.0. The van der Waals surface area contributed by atoms with Crippen LogP contribution >= 0.6 is 0 Å². The summed E-state index contributed by atoms with van der Waals surface area (Å²) in [4.78, 5) is 26.7. The van der Waals surface area contributed by atoms with Gasteiger partial charge >= 0.3 is 37.5 Å². The number of benzene rings is 2. The summed E-state index contributed by atoms with van der Waals surface area (Å²) in [6.45, 7) is 3.51. The number of carbonyl (C=O) groups excluding carboxylic acids is 1. The van der Waals surface area contributed by atoms with E-state index in [2.05, 4.69) is 20.0 Å². The topological polar surface area (TPSA) is 280 Å². The molecule has 1 radical (unpaired) electrons. The summed E-state index contributed by atoms with van der Waals surface area (Å²) in [5, 5.41) is 33.8. The molecule has 0 atom stereocenters. The SMILES string of the molecule is CC(=O)/C=C(/C)[O-].COc1cccc(C=NCCN=Cc2cccc(OC)c2[O-])c1[O-].[Cu+2].[O-][Cl+3]([O-])([O-])[O-].[OH3+].[Pd+2].c1ccc(-c2ccccn2)nc1. The largest absolute Gasteiger partial charge is 2.00 e. The van der Waals surface area contributed by atoms with E-state index in [0.29, 0.717) is 24.2 Å². The minimum atomic E-state index is -4.94. The second-order valence-corrected chi connectivity index (χ2v) is 9.76. The Morgan fingerprint density at radius 1 is 0.725 bits per heavy atom. The monoisotopic (exact) mass is 868 g/mol. The van der Waals surface area contributed by atoms with Gasteiger partial charge in [-0.1, -0.05) is 54.8 Å². The zero-order chi connectivity index (χ0) is 36.0. The fourth-order valence-electron chi connectivity index (χ4n) is 3.35. The van der Waals surface area contributed by atoms with Crippen molar-refractivity contribution in [3.8, 4) is 34.4 Å². The van der Waals surface area contributed by atoms with E-state index < -0.39 is 10.2 Å². The first kappa shape index (κ1) is 51.1. The number of rotatable bonds is 9. The van der Waals surface area contributed by atoms with Crippen molar-refractivity contribution in [2.45, 2.75) is 13.8 Å². The van der Waals surface area contributed by atoms with Crippen molar-refractivity contribution >= 4 is 18.2 Å². The predicted molar refractivity (Wildman–Crippen MR) is 167 cm³/mol. The summed E-state index contributed by atoms with van der Waals surface area (Å²) in [7, 11) is -2.04. The van der Waals surface area contributed by atoms with E-state index in [9.17, 15) is 20.1 Å². The molecule has 0 fully saturated rings. The van der Waals surface area contributed by atoms with Crippen LogP contribution in [0.1, 0.15) is 25.0 Å². The smallest absolute Gasteiger partial charge is 0.876 e. The number of allylic oxidation sites excluding steroid dienone is 2. The molecule has 3 N–H and O–H groups in total. The van der Waals surface area contributed by atoms with E-state index in [4.69, 9.17) is 28.1 Å². The fourth-order valence-corrected chi connectivity index (χ4v) is 3.35. The van der Waals surface area contributed by atoms with Gasteiger partial charge in [-0.3, -0.25) is 24.7 Å². The number of aliphatic imine (C=N–C) groups is 2. The third-order valence-corrected chi connectivity index (χ3v) is 5.28. The molecule has 0 saturated heterocycles. The van der Waals surface area contributed by atoms with Crippen molar-refractivity contribution in [3.63, 3.8) is 0 Å². The van der Waals surface area contributed by atoms with Gasteiger partial charge in [0, 0.05) is 24.8 Å². The quantitative estimate of drug-likeness (QED) is 0.0429. The molecule has 4 rings (SSSR count). The Hall–Kier alpha value is -4.24. The zero-order valence-corrected chi connectivity index (χ0v) is 30.9. The van der Waals surface area contributed by atoms with E-state index in [0.717, 1.165) is 17.5 Å². The van der Waals surface area contributed by atoms with Gasteiger partial charge in [0.25, 0.3) is 0 Å². The normalized spacial score (nSPS) is 10.3. The molecule has 0 unspecified atom stereocenters. The number of aromatic nitrogens is 2. The maximum atomic E-state index is 11.9. The van der Waals surface area contributed by atoms with Crippen molar-refractivity contribution in [1.82, 2.24) is 9.97 Å². The van der Waals surface area contributed by atoms with E-state index in [1.807, 2.05) is 36.4 Å². The molecular formula is C33H36ClCuN4O11Pd+. The second kappa shape index (κ2) is 28.5. The summed E-state index contributed by atoms with van der Waals surface area (Å²) in [5.74, 6) is -0.185. The van der Waals surface area contributed by atoms with Crippen LogP contribution in [0.2, 0.25) is 0 Å². The maximum Gasteiger partial charge on any atom is 2.00 e. The third kappa shape index (κ3) is 23.7. The fraction of sp³-hybridized carbons (Fsp3) is 0.182. The molecule has 0 spiro atoms. The molecule has 15 nitrogen and oxygen atoms in total. The van der Waals surface area contributed by atoms with E-state index in [-0.39, 0.29) is 77.5 Å². The van der Waals surface area contributed by atoms with Crippen LogP contribution in [-0.4, -0.2) is 55.5 Å². The van der Waals surface area contributed by atoms with Gasteiger partial charge in [-0.2, -0.15) is 0 Å². The predicted octanol–water partition coefficient (Wildman–Crippen LogP) is -2.31. The van der Waals surface area contributed by atoms with Gasteiger partial charge in [-0.05, 0) is 60.5 Å². The van der Waals surface area contributed by atoms with Crippen LogP contribution in [0.4, 0.5) is 0 Å². The van der Waals surface area contributed by atoms with Crippen LogP contribution in [0.15, 0.2) is 107 Å². The number of pyridine rings is 2. The molecule has 2 aromatic heterocycles. The van der Waals surface area contributed by atoms with Gasteiger partial charge in [0.1, 0.15) is 11.5 Å². The number of para-hydroxylation sites is 2. The van der Waals surface area contributed by atoms with Crippen molar-refractivity contribution in [2.24, 2.45) is 9.98 Å². The van der Waals surface area contributed by atoms with Crippen LogP contribution in [0.3, 0.4) is 0 Å². The molecule has 0 amide bonds. The number of ether oxygens (including phenoxy) is 2. The molecule has 0 saturated carbocycles. The van der Waals surface area contributed by atoms with Crippen LogP contribution < -0.4 is 43.4 Å². The molecule has 4 aromatic rings. The van der Waals surface area contributed by atoms with Gasteiger partial charge in [0.2, 0.25) is 0 Å². The number of nitrogens with zero attached hydrogens (tertiary/aromatic N) is 4. The third-order valence-electron chi connectivity index (χ3n) is 5.28. The standard InChI is InChI=1S/C18H20N2O4.C10H8N2.C5H8O2.ClHO4.Cu.H2O.Pd/c1-23-15-7-3-5-13(17(15)21)11-19-9-10-20-12-14-6-4-8-16(24-2)18(14)22;1-3-7-11-9(5-1)10-6-2-4-8-12-10;1-4(6)3-5(2)7;2-1(3,4)5;;;/h3-8,11-12,21-22H,9-10H2,1-2H3;1-8H;3,6H,1-2H3;(H,2,3,4,5);;1H2;/q;;;;+2;;+2/p-3/b;;4-3-;;;;. The molecule has 0 aliphatic carbocycles. The van der Waals surface area contributed by atoms with Gasteiger partial charge < -0.3 is 30.3 Å². The molecular weight excluding hydrogens is 834 g/mol. The van der Waals surface area contributed by atoms with Crippen molar-refractivity contribution < 1.29 is 101 Å². The summed E-state index contributed by atoms with van der Waals surface area (Å²) < 4.78 is 43.9. The van der Waals surface area contributed by atoms with E-state index in [1.54, 1.807) is 48.8 Å². The first-order valence-electron chi connectivity index (χ1n) is 13.7. The maximum absolute atomic E-state index is 11.9. The van der Waals surface area contributed by atoms with Gasteiger partial charge in [0.15, 0.2) is 5.78 Å². The van der Waals surface area contributed by atoms with Gasteiger partial charge in [0.05, 0.1) is 38.7 Å². The van der Waals surface area contributed by atoms with Crippen molar-refractivity contribution in [2.75, 3.05) is 27.3 Å². The second-order valence-electron chi connectivity index (χ2n) is 9.00. The molecule has 51 heavy (non-hydrogen) atoms. The average molecular weight is 870 g/mol.